The van der Waals surface area contributed by atoms with Crippen molar-refractivity contribution in [1.82, 2.24) is 9.97 Å². The molecule has 0 aromatic carbocycles. The molecular weight excluding hydrogens is 254 g/mol. The zero-order valence-electron chi connectivity index (χ0n) is 9.84. The third-order valence-corrected chi connectivity index (χ3v) is 3.37. The van der Waals surface area contributed by atoms with Crippen LogP contribution in [0.1, 0.15) is 4.88 Å². The highest BCUT2D eigenvalue weighted by molar-refractivity contribution is 7.18. The van der Waals surface area contributed by atoms with Gasteiger partial charge >= 0.3 is 0 Å². The van der Waals surface area contributed by atoms with Gasteiger partial charge in [0.2, 0.25) is 5.95 Å². The molecule has 2 aromatic heterocycles. The quantitative estimate of drug-likeness (QED) is 0.384. The number of aliphatic hydroxyl groups is 2. The Morgan fingerprint density at radius 2 is 2.11 bits per heavy atom. The SMILES string of the molecule is Cc1cc2c(NC(CO)CO)nc(NN)nc2s1. The second-order valence-corrected chi connectivity index (χ2v) is 5.06. The maximum atomic E-state index is 9.09. The number of aromatic nitrogens is 2. The molecule has 0 aliphatic carbocycles. The molecule has 0 saturated carbocycles. The van der Waals surface area contributed by atoms with Gasteiger partial charge in [-0.3, -0.25) is 5.43 Å². The van der Waals surface area contributed by atoms with Crippen LogP contribution < -0.4 is 16.6 Å². The summed E-state index contributed by atoms with van der Waals surface area (Å²) in [4.78, 5) is 10.3. The van der Waals surface area contributed by atoms with Gasteiger partial charge in [0, 0.05) is 4.88 Å². The van der Waals surface area contributed by atoms with Gasteiger partial charge in [0.15, 0.2) is 0 Å². The van der Waals surface area contributed by atoms with E-state index in [1.165, 1.54) is 11.3 Å². The minimum Gasteiger partial charge on any atom is -0.394 e. The van der Waals surface area contributed by atoms with Crippen molar-refractivity contribution in [2.24, 2.45) is 5.84 Å². The van der Waals surface area contributed by atoms with Crippen molar-refractivity contribution in [2.75, 3.05) is 24.0 Å². The van der Waals surface area contributed by atoms with Gasteiger partial charge in [-0.15, -0.1) is 11.3 Å². The summed E-state index contributed by atoms with van der Waals surface area (Å²) < 4.78 is 0. The molecule has 2 heterocycles. The molecule has 0 fully saturated rings. The van der Waals surface area contributed by atoms with E-state index >= 15 is 0 Å². The van der Waals surface area contributed by atoms with Gasteiger partial charge in [-0.05, 0) is 13.0 Å². The first-order chi connectivity index (χ1) is 8.67. The van der Waals surface area contributed by atoms with E-state index in [-0.39, 0.29) is 13.2 Å². The first kappa shape index (κ1) is 13.0. The third kappa shape index (κ3) is 2.51. The van der Waals surface area contributed by atoms with Crippen LogP contribution >= 0.6 is 11.3 Å². The minimum absolute atomic E-state index is 0.184. The van der Waals surface area contributed by atoms with Crippen molar-refractivity contribution in [3.63, 3.8) is 0 Å². The Bertz CT molecular complexity index is 540. The number of thiophene rings is 1. The monoisotopic (exact) mass is 269 g/mol. The molecule has 0 radical (unpaired) electrons. The maximum absolute atomic E-state index is 9.09. The molecule has 6 N–H and O–H groups in total. The van der Waals surface area contributed by atoms with Gasteiger partial charge in [-0.2, -0.15) is 4.98 Å². The van der Waals surface area contributed by atoms with Crippen LogP contribution in [0.25, 0.3) is 10.2 Å². The molecule has 0 unspecified atom stereocenters. The molecule has 7 nitrogen and oxygen atoms in total. The van der Waals surface area contributed by atoms with E-state index in [2.05, 4.69) is 20.7 Å². The van der Waals surface area contributed by atoms with Crippen molar-refractivity contribution in [3.8, 4) is 0 Å². The number of nitrogens with two attached hydrogens (primary N) is 1. The normalized spacial score (nSPS) is 11.2. The van der Waals surface area contributed by atoms with Crippen LogP contribution in [0.4, 0.5) is 11.8 Å². The van der Waals surface area contributed by atoms with E-state index in [1.54, 1.807) is 0 Å². The summed E-state index contributed by atoms with van der Waals surface area (Å²) in [6.07, 6.45) is 0. The van der Waals surface area contributed by atoms with Gasteiger partial charge in [0.1, 0.15) is 10.6 Å². The number of nitrogens with one attached hydrogen (secondary N) is 2. The summed E-state index contributed by atoms with van der Waals surface area (Å²) in [5, 5.41) is 22.0. The number of anilines is 2. The standard InChI is InChI=1S/C10H15N5O2S/c1-5-2-7-8(12-6(3-16)4-17)13-10(15-11)14-9(7)18-5/h2,6,16-17H,3-4,11H2,1H3,(H2,12,13,14,15). The molecule has 0 spiro atoms. The Kier molecular flexibility index (Phi) is 3.92. The van der Waals surface area contributed by atoms with Crippen LogP contribution in [0.2, 0.25) is 0 Å². The fourth-order valence-electron chi connectivity index (χ4n) is 1.56. The smallest absolute Gasteiger partial charge is 0.240 e. The van der Waals surface area contributed by atoms with Crippen LogP contribution in [-0.2, 0) is 0 Å². The topological polar surface area (TPSA) is 116 Å². The molecular formula is C10H15N5O2S. The van der Waals surface area contributed by atoms with Crippen molar-refractivity contribution in [2.45, 2.75) is 13.0 Å². The number of nitrogens with zero attached hydrogens (tertiary/aromatic N) is 2. The van der Waals surface area contributed by atoms with Gasteiger partial charge in [0.05, 0.1) is 24.6 Å². The van der Waals surface area contributed by atoms with Crippen LogP contribution in [0.5, 0.6) is 0 Å². The van der Waals surface area contributed by atoms with Gasteiger partial charge < -0.3 is 15.5 Å². The lowest BCUT2D eigenvalue weighted by molar-refractivity contribution is 0.203. The number of aliphatic hydroxyl groups excluding tert-OH is 2. The summed E-state index contributed by atoms with van der Waals surface area (Å²) >= 11 is 1.53. The van der Waals surface area contributed by atoms with E-state index in [1.807, 2.05) is 13.0 Å². The molecule has 0 aliphatic rings. The number of hydrogen-bond donors (Lipinski definition) is 5. The number of rotatable bonds is 5. The molecule has 98 valence electrons. The summed E-state index contributed by atoms with van der Waals surface area (Å²) in [6, 6.07) is 1.49. The van der Waals surface area contributed by atoms with Crippen LogP contribution in [-0.4, -0.2) is 39.4 Å². The number of nitrogen functional groups attached to an aromatic ring is 1. The first-order valence-corrected chi connectivity index (χ1v) is 6.22. The Balaban J connectivity index is 2.45. The summed E-state index contributed by atoms with van der Waals surface area (Å²) in [5.74, 6) is 6.16. The van der Waals surface area contributed by atoms with Crippen molar-refractivity contribution < 1.29 is 10.2 Å². The first-order valence-electron chi connectivity index (χ1n) is 5.41. The zero-order valence-corrected chi connectivity index (χ0v) is 10.7. The van der Waals surface area contributed by atoms with Crippen molar-refractivity contribution in [1.29, 1.82) is 0 Å². The average Bonchev–Trinajstić information content (AvgIpc) is 2.75. The largest absolute Gasteiger partial charge is 0.394 e. The lowest BCUT2D eigenvalue weighted by Gasteiger charge is -2.15. The van der Waals surface area contributed by atoms with Crippen molar-refractivity contribution >= 4 is 33.3 Å². The highest BCUT2D eigenvalue weighted by Crippen LogP contribution is 2.29. The number of hydrogen-bond acceptors (Lipinski definition) is 8. The Hall–Kier alpha value is -1.48. The van der Waals surface area contributed by atoms with Gasteiger partial charge in [0.25, 0.3) is 0 Å². The van der Waals surface area contributed by atoms with E-state index in [0.717, 1.165) is 15.1 Å². The summed E-state index contributed by atoms with van der Waals surface area (Å²) in [7, 11) is 0. The molecule has 18 heavy (non-hydrogen) atoms. The van der Waals surface area contributed by atoms with E-state index in [0.29, 0.717) is 11.8 Å². The molecule has 0 saturated heterocycles. The molecule has 2 rings (SSSR count). The predicted molar refractivity (Wildman–Crippen MR) is 71.5 cm³/mol. The molecule has 0 amide bonds. The summed E-state index contributed by atoms with van der Waals surface area (Å²) in [6.45, 7) is 1.61. The molecule has 0 aliphatic heterocycles. The molecule has 2 aromatic rings. The fourth-order valence-corrected chi connectivity index (χ4v) is 2.44. The number of fused-ring (bicyclic) bond motifs is 1. The molecule has 8 heteroatoms. The third-order valence-electron chi connectivity index (χ3n) is 2.43. The van der Waals surface area contributed by atoms with Crippen LogP contribution in [0.15, 0.2) is 6.07 Å². The van der Waals surface area contributed by atoms with Gasteiger partial charge in [-0.1, -0.05) is 0 Å². The lowest BCUT2D eigenvalue weighted by atomic mass is 10.3. The molecule has 0 bridgehead atoms. The number of hydrazine groups is 1. The minimum atomic E-state index is -0.464. The van der Waals surface area contributed by atoms with E-state index in [9.17, 15) is 0 Å². The highest BCUT2D eigenvalue weighted by atomic mass is 32.1. The Labute approximate surface area is 108 Å². The van der Waals surface area contributed by atoms with Crippen LogP contribution in [0.3, 0.4) is 0 Å². The lowest BCUT2D eigenvalue weighted by Crippen LogP contribution is -2.28. The zero-order chi connectivity index (χ0) is 13.1. The second-order valence-electron chi connectivity index (χ2n) is 3.82. The fraction of sp³-hybridized carbons (Fsp3) is 0.400. The Morgan fingerprint density at radius 1 is 1.39 bits per heavy atom. The number of aryl methyl sites for hydroxylation is 1. The van der Waals surface area contributed by atoms with Gasteiger partial charge in [-0.25, -0.2) is 10.8 Å². The van der Waals surface area contributed by atoms with E-state index in [4.69, 9.17) is 16.1 Å². The summed E-state index contributed by atoms with van der Waals surface area (Å²) in [5.41, 5.74) is 2.40. The van der Waals surface area contributed by atoms with Crippen LogP contribution in [0, 0.1) is 6.92 Å². The van der Waals surface area contributed by atoms with Crippen molar-refractivity contribution in [3.05, 3.63) is 10.9 Å². The van der Waals surface area contributed by atoms with E-state index < -0.39 is 6.04 Å². The average molecular weight is 269 g/mol. The molecule has 0 atom stereocenters. The highest BCUT2D eigenvalue weighted by Gasteiger charge is 2.13. The predicted octanol–water partition coefficient (Wildman–Crippen LogP) is 0.0504. The second kappa shape index (κ2) is 5.44. The maximum Gasteiger partial charge on any atom is 0.240 e. The Morgan fingerprint density at radius 3 is 2.72 bits per heavy atom.